The number of nitrogens with one attached hydrogen (secondary N) is 2. The first-order valence-corrected chi connectivity index (χ1v) is 7.92. The van der Waals surface area contributed by atoms with Gasteiger partial charge in [0.15, 0.2) is 0 Å². The van der Waals surface area contributed by atoms with Crippen molar-refractivity contribution in [1.82, 2.24) is 15.5 Å². The van der Waals surface area contributed by atoms with E-state index in [1.54, 1.807) is 13.8 Å². The fourth-order valence-electron chi connectivity index (χ4n) is 2.15. The molecule has 1 heterocycles. The molecule has 1 aliphatic rings. The Labute approximate surface area is 128 Å². The second-order valence-corrected chi connectivity index (χ2v) is 6.79. The van der Waals surface area contributed by atoms with Crippen LogP contribution in [0.25, 0.3) is 0 Å². The lowest BCUT2D eigenvalue weighted by molar-refractivity contribution is -0.141. The van der Waals surface area contributed by atoms with Crippen LogP contribution in [0.2, 0.25) is 0 Å². The predicted molar refractivity (Wildman–Crippen MR) is 81.0 cm³/mol. The van der Waals surface area contributed by atoms with Gasteiger partial charge in [0.05, 0.1) is 10.8 Å². The van der Waals surface area contributed by atoms with Gasteiger partial charge in [0.2, 0.25) is 5.91 Å². The molecule has 3 N–H and O–H groups in total. The van der Waals surface area contributed by atoms with Crippen LogP contribution < -0.4 is 10.6 Å². The monoisotopic (exact) mass is 317 g/mol. The zero-order valence-electron chi connectivity index (χ0n) is 12.8. The fraction of sp³-hybridized carbons (Fsp3) is 0.769. The van der Waals surface area contributed by atoms with Gasteiger partial charge in [0, 0.05) is 19.3 Å². The largest absolute Gasteiger partial charge is 0.480 e. The molecule has 1 aliphatic heterocycles. The average molecular weight is 317 g/mol. The van der Waals surface area contributed by atoms with Crippen molar-refractivity contribution in [2.24, 2.45) is 5.41 Å². The molecule has 1 fully saturated rings. The number of aliphatic carboxylic acids is 1. The Bertz CT molecular complexity index is 428. The highest BCUT2D eigenvalue weighted by atomic mass is 32.2. The molecule has 0 aliphatic carbocycles. The molecular formula is C13H23N3O4S. The molecule has 0 radical (unpaired) electrons. The Morgan fingerprint density at radius 3 is 2.48 bits per heavy atom. The molecule has 7 nitrogen and oxygen atoms in total. The summed E-state index contributed by atoms with van der Waals surface area (Å²) in [6.07, 6.45) is 0.681. The Morgan fingerprint density at radius 1 is 1.38 bits per heavy atom. The molecule has 120 valence electrons. The third-order valence-corrected chi connectivity index (χ3v) is 4.94. The number of rotatable bonds is 5. The van der Waals surface area contributed by atoms with Crippen LogP contribution in [-0.4, -0.2) is 58.7 Å². The van der Waals surface area contributed by atoms with E-state index in [2.05, 4.69) is 10.6 Å². The van der Waals surface area contributed by atoms with Gasteiger partial charge in [-0.2, -0.15) is 0 Å². The van der Waals surface area contributed by atoms with E-state index in [-0.39, 0.29) is 17.8 Å². The number of hydrogen-bond acceptors (Lipinski definition) is 4. The number of nitrogens with zero attached hydrogens (tertiary/aromatic N) is 1. The SMILES string of the molecule is CCC1SCC(C(=O)O)N1C(=O)NCC(C)(C)C(=O)NC. The van der Waals surface area contributed by atoms with Crippen molar-refractivity contribution in [3.8, 4) is 0 Å². The first-order chi connectivity index (χ1) is 9.74. The van der Waals surface area contributed by atoms with E-state index < -0.39 is 23.5 Å². The van der Waals surface area contributed by atoms with E-state index >= 15 is 0 Å². The smallest absolute Gasteiger partial charge is 0.327 e. The van der Waals surface area contributed by atoms with E-state index in [1.165, 1.54) is 23.7 Å². The van der Waals surface area contributed by atoms with Gasteiger partial charge in [-0.25, -0.2) is 9.59 Å². The maximum atomic E-state index is 12.3. The van der Waals surface area contributed by atoms with Gasteiger partial charge in [0.1, 0.15) is 6.04 Å². The highest BCUT2D eigenvalue weighted by molar-refractivity contribution is 8.00. The first-order valence-electron chi connectivity index (χ1n) is 6.87. The molecule has 0 spiro atoms. The molecule has 1 saturated heterocycles. The highest BCUT2D eigenvalue weighted by Crippen LogP contribution is 2.31. The minimum atomic E-state index is -1.00. The lowest BCUT2D eigenvalue weighted by Crippen LogP contribution is -2.53. The molecule has 8 heteroatoms. The quantitative estimate of drug-likeness (QED) is 0.693. The normalized spacial score (nSPS) is 22.0. The molecule has 2 atom stereocenters. The number of amides is 3. The first kappa shape index (κ1) is 17.6. The molecule has 0 aromatic rings. The van der Waals surface area contributed by atoms with Gasteiger partial charge in [-0.15, -0.1) is 11.8 Å². The second kappa shape index (κ2) is 7.02. The molecule has 3 amide bonds. The number of carboxylic acid groups (broad SMARTS) is 1. The summed E-state index contributed by atoms with van der Waals surface area (Å²) in [6.45, 7) is 5.50. The van der Waals surface area contributed by atoms with Crippen molar-refractivity contribution in [2.45, 2.75) is 38.6 Å². The van der Waals surface area contributed by atoms with E-state index in [0.717, 1.165) is 0 Å². The summed E-state index contributed by atoms with van der Waals surface area (Å²) < 4.78 is 0. The van der Waals surface area contributed by atoms with Gasteiger partial charge in [-0.3, -0.25) is 9.69 Å². The number of thioether (sulfide) groups is 1. The third kappa shape index (κ3) is 4.03. The lowest BCUT2D eigenvalue weighted by Gasteiger charge is -2.29. The van der Waals surface area contributed by atoms with Gasteiger partial charge in [-0.1, -0.05) is 6.92 Å². The topological polar surface area (TPSA) is 98.7 Å². The molecular weight excluding hydrogens is 294 g/mol. The molecule has 0 aromatic heterocycles. The molecule has 0 saturated carbocycles. The molecule has 1 rings (SSSR count). The maximum Gasteiger partial charge on any atom is 0.327 e. The van der Waals surface area contributed by atoms with Crippen LogP contribution in [0.1, 0.15) is 27.2 Å². The molecule has 0 aromatic carbocycles. The van der Waals surface area contributed by atoms with Crippen molar-refractivity contribution in [2.75, 3.05) is 19.3 Å². The fourth-order valence-corrected chi connectivity index (χ4v) is 3.49. The summed E-state index contributed by atoms with van der Waals surface area (Å²) in [7, 11) is 1.54. The number of carboxylic acids is 1. The minimum Gasteiger partial charge on any atom is -0.480 e. The summed E-state index contributed by atoms with van der Waals surface area (Å²) in [5, 5.41) is 14.3. The Hall–Kier alpha value is -1.44. The van der Waals surface area contributed by atoms with Crippen molar-refractivity contribution in [3.63, 3.8) is 0 Å². The van der Waals surface area contributed by atoms with Gasteiger partial charge < -0.3 is 15.7 Å². The highest BCUT2D eigenvalue weighted by Gasteiger charge is 2.41. The Kier molecular flexibility index (Phi) is 5.88. The van der Waals surface area contributed by atoms with E-state index in [9.17, 15) is 19.5 Å². The van der Waals surface area contributed by atoms with E-state index in [0.29, 0.717) is 12.2 Å². The summed E-state index contributed by atoms with van der Waals surface area (Å²) >= 11 is 1.46. The summed E-state index contributed by atoms with van der Waals surface area (Å²) in [4.78, 5) is 36.6. The summed E-state index contributed by atoms with van der Waals surface area (Å²) in [6, 6.07) is -1.25. The zero-order chi connectivity index (χ0) is 16.2. The van der Waals surface area contributed by atoms with Crippen LogP contribution in [0.5, 0.6) is 0 Å². The zero-order valence-corrected chi connectivity index (χ0v) is 13.6. The van der Waals surface area contributed by atoms with Crippen molar-refractivity contribution >= 4 is 29.7 Å². The Balaban J connectivity index is 2.72. The number of carbonyl (C=O) groups is 3. The van der Waals surface area contributed by atoms with Crippen LogP contribution in [0.3, 0.4) is 0 Å². The van der Waals surface area contributed by atoms with Crippen LogP contribution >= 0.6 is 11.8 Å². The average Bonchev–Trinajstić information content (AvgIpc) is 2.87. The predicted octanol–water partition coefficient (Wildman–Crippen LogP) is 0.706. The summed E-state index contributed by atoms with van der Waals surface area (Å²) in [5.41, 5.74) is -0.752. The van der Waals surface area contributed by atoms with Crippen LogP contribution in [0, 0.1) is 5.41 Å². The third-order valence-electron chi connectivity index (χ3n) is 3.48. The van der Waals surface area contributed by atoms with Crippen molar-refractivity contribution in [1.29, 1.82) is 0 Å². The van der Waals surface area contributed by atoms with Crippen LogP contribution in [0.15, 0.2) is 0 Å². The molecule has 21 heavy (non-hydrogen) atoms. The molecule has 2 unspecified atom stereocenters. The van der Waals surface area contributed by atoms with Crippen LogP contribution in [-0.2, 0) is 9.59 Å². The minimum absolute atomic E-state index is 0.144. The summed E-state index contributed by atoms with van der Waals surface area (Å²) in [5.74, 6) is -0.792. The van der Waals surface area contributed by atoms with E-state index in [4.69, 9.17) is 0 Å². The van der Waals surface area contributed by atoms with Crippen molar-refractivity contribution < 1.29 is 19.5 Å². The number of hydrogen-bond donors (Lipinski definition) is 3. The maximum absolute atomic E-state index is 12.3. The number of urea groups is 1. The van der Waals surface area contributed by atoms with Crippen molar-refractivity contribution in [3.05, 3.63) is 0 Å². The second-order valence-electron chi connectivity index (χ2n) is 5.58. The Morgan fingerprint density at radius 2 is 2.00 bits per heavy atom. The van der Waals surface area contributed by atoms with Gasteiger partial charge in [0.25, 0.3) is 0 Å². The van der Waals surface area contributed by atoms with Gasteiger partial charge in [-0.05, 0) is 20.3 Å². The standard InChI is InChI=1S/C13H23N3O4S/c1-5-9-16(8(6-21-9)10(17)18)12(20)15-7-13(2,3)11(19)14-4/h8-9H,5-7H2,1-4H3,(H,14,19)(H,15,20)(H,17,18). The molecule has 0 bridgehead atoms. The van der Waals surface area contributed by atoms with Crippen LogP contribution in [0.4, 0.5) is 4.79 Å². The number of carbonyl (C=O) groups excluding carboxylic acids is 2. The van der Waals surface area contributed by atoms with E-state index in [1.807, 2.05) is 6.92 Å². The van der Waals surface area contributed by atoms with Gasteiger partial charge >= 0.3 is 12.0 Å². The lowest BCUT2D eigenvalue weighted by atomic mass is 9.92.